The van der Waals surface area contributed by atoms with E-state index in [4.69, 9.17) is 0 Å². The van der Waals surface area contributed by atoms with Crippen molar-refractivity contribution in [3.63, 3.8) is 0 Å². The molecule has 0 aliphatic heterocycles. The summed E-state index contributed by atoms with van der Waals surface area (Å²) in [6.07, 6.45) is 0. The van der Waals surface area contributed by atoms with Gasteiger partial charge < -0.3 is 0 Å². The van der Waals surface area contributed by atoms with Crippen molar-refractivity contribution in [3.05, 3.63) is 90.0 Å². The molecule has 0 aliphatic rings. The Kier molecular flexibility index (Phi) is 5.65. The van der Waals surface area contributed by atoms with Gasteiger partial charge >= 0.3 is 186 Å². The van der Waals surface area contributed by atoms with E-state index in [0.29, 0.717) is 0 Å². The molecule has 3 aromatic rings. The van der Waals surface area contributed by atoms with Crippen molar-refractivity contribution >= 4 is 36.7 Å². The maximum absolute atomic E-state index is 4.49. The minimum atomic E-state index is -2.84. The van der Waals surface area contributed by atoms with Crippen LogP contribution in [0.2, 0.25) is 0 Å². The Hall–Kier alpha value is -1.43. The summed E-state index contributed by atoms with van der Waals surface area (Å²) >= 11 is 4.49. The fourth-order valence-electron chi connectivity index (χ4n) is 4.39. The van der Waals surface area contributed by atoms with E-state index in [0.717, 1.165) is 0 Å². The third-order valence-corrected chi connectivity index (χ3v) is 14.1. The van der Waals surface area contributed by atoms with Gasteiger partial charge in [-0.3, -0.25) is 0 Å². The first-order valence-corrected chi connectivity index (χ1v) is 15.1. The molecule has 0 spiro atoms. The molecule has 0 bridgehead atoms. The predicted octanol–water partition coefficient (Wildman–Crippen LogP) is 7.05. The molecule has 0 aromatic heterocycles. The molecule has 154 valence electrons. The number of rotatable bonds is 3. The molecule has 3 aromatic carbocycles. The molecule has 0 radical (unpaired) electrons. The zero-order chi connectivity index (χ0) is 21.5. The molecule has 0 N–H and O–H groups in total. The second kappa shape index (κ2) is 7.36. The first-order valence-electron chi connectivity index (χ1n) is 10.4. The second-order valence-corrected chi connectivity index (χ2v) is 20.0. The van der Waals surface area contributed by atoms with Crippen LogP contribution in [0.15, 0.2) is 78.9 Å². The average Bonchev–Trinajstić information content (AvgIpc) is 2.67. The van der Waals surface area contributed by atoms with E-state index >= 15 is 0 Å². The van der Waals surface area contributed by atoms with Crippen LogP contribution < -0.4 is 15.9 Å². The van der Waals surface area contributed by atoms with E-state index in [1.165, 1.54) is 27.0 Å². The summed E-state index contributed by atoms with van der Waals surface area (Å²) in [5.74, 6) is 0. The van der Waals surface area contributed by atoms with E-state index in [2.05, 4.69) is 143 Å². The van der Waals surface area contributed by atoms with Gasteiger partial charge in [-0.2, -0.15) is 0 Å². The van der Waals surface area contributed by atoms with Gasteiger partial charge in [-0.25, -0.2) is 0 Å². The molecule has 3 rings (SSSR count). The van der Waals surface area contributed by atoms with E-state index in [-0.39, 0.29) is 10.8 Å². The molecule has 0 amide bonds. The zero-order valence-electron chi connectivity index (χ0n) is 18.8. The van der Waals surface area contributed by atoms with Crippen molar-refractivity contribution in [2.45, 2.75) is 52.4 Å². The summed E-state index contributed by atoms with van der Waals surface area (Å²) in [6.45, 7) is 16.5. The van der Waals surface area contributed by atoms with Crippen LogP contribution in [0.3, 0.4) is 0 Å². The molecule has 0 aliphatic carbocycles. The number of hydrogen-bond acceptors (Lipinski definition) is 0. The number of hydrogen-bond donors (Lipinski definition) is 0. The Morgan fingerprint density at radius 2 is 1.03 bits per heavy atom. The fraction of sp³-hybridized carbons (Fsp3) is 0.333. The van der Waals surface area contributed by atoms with Gasteiger partial charge in [0.15, 0.2) is 0 Å². The molecule has 0 saturated heterocycles. The Balaban J connectivity index is 2.54. The molecule has 0 unspecified atom stereocenters. The molecule has 0 nitrogen and oxygen atoms in total. The van der Waals surface area contributed by atoms with Crippen LogP contribution in [-0.2, 0) is 10.8 Å². The average molecular weight is 469 g/mol. The van der Waals surface area contributed by atoms with Crippen molar-refractivity contribution in [2.75, 3.05) is 6.66 Å². The minimum absolute atomic E-state index is 0.0235. The monoisotopic (exact) mass is 468 g/mol. The first kappa shape index (κ1) is 22.3. The molecule has 0 heterocycles. The Labute approximate surface area is 185 Å². The fourth-order valence-corrected chi connectivity index (χ4v) is 10.7. The number of benzene rings is 3. The third kappa shape index (κ3) is 3.85. The summed E-state index contributed by atoms with van der Waals surface area (Å²) in [7, 11) is 0. The van der Waals surface area contributed by atoms with Crippen molar-refractivity contribution < 1.29 is 0 Å². The van der Waals surface area contributed by atoms with Crippen LogP contribution in [-0.4, -0.2) is 6.66 Å². The van der Waals surface area contributed by atoms with Crippen molar-refractivity contribution in [1.29, 1.82) is 0 Å². The molecule has 0 fully saturated rings. The molecule has 0 atom stereocenters. The third-order valence-electron chi connectivity index (χ3n) is 5.91. The van der Waals surface area contributed by atoms with E-state index in [9.17, 15) is 0 Å². The summed E-state index contributed by atoms with van der Waals surface area (Å²) in [4.78, 5) is 0. The van der Waals surface area contributed by atoms with Crippen molar-refractivity contribution in [3.8, 4) is 0 Å². The zero-order valence-corrected chi connectivity index (χ0v) is 21.3. The summed E-state index contributed by atoms with van der Waals surface area (Å²) in [5.41, 5.74) is 3.00. The maximum atomic E-state index is 4.49. The van der Waals surface area contributed by atoms with Gasteiger partial charge in [0.2, 0.25) is 0 Å². The van der Waals surface area contributed by atoms with Gasteiger partial charge in [0.25, 0.3) is 0 Å². The van der Waals surface area contributed by atoms with Gasteiger partial charge in [-0.15, -0.1) is 0 Å². The second-order valence-electron chi connectivity index (χ2n) is 10.3. The summed E-state index contributed by atoms with van der Waals surface area (Å²) < 4.78 is 0. The van der Waals surface area contributed by atoms with Gasteiger partial charge in [-0.05, 0) is 0 Å². The Morgan fingerprint density at radius 1 is 0.586 bits per heavy atom. The summed E-state index contributed by atoms with van der Waals surface area (Å²) in [6, 6.07) is 28.9. The number of halogens is 1. The van der Waals surface area contributed by atoms with Crippen LogP contribution in [0.1, 0.15) is 52.7 Å². The van der Waals surface area contributed by atoms with Crippen LogP contribution in [0, 0.1) is 0 Å². The standard InChI is InChI=1S/C27H34BrP/c1-26(2,3)23-19-14-20-24(25(23)27(4,5)6)29(7,28,21-15-10-8-11-16-21)22-17-12-9-13-18-22/h8-20H,1-7H3. The van der Waals surface area contributed by atoms with Gasteiger partial charge in [0, 0.05) is 0 Å². The van der Waals surface area contributed by atoms with Crippen molar-refractivity contribution in [1.82, 2.24) is 0 Å². The van der Waals surface area contributed by atoms with Gasteiger partial charge in [-0.1, -0.05) is 0 Å². The quantitative estimate of drug-likeness (QED) is 0.361. The van der Waals surface area contributed by atoms with Crippen LogP contribution in [0.5, 0.6) is 0 Å². The first-order chi connectivity index (χ1) is 13.4. The Bertz CT molecular complexity index is 947. The topological polar surface area (TPSA) is 0 Å². The SMILES string of the molecule is CC(C)(C)c1cccc(P(C)(Br)(c2ccccc2)c2ccccc2)c1C(C)(C)C. The van der Waals surface area contributed by atoms with Crippen LogP contribution in [0.4, 0.5) is 0 Å². The predicted molar refractivity (Wildman–Crippen MR) is 137 cm³/mol. The molecule has 29 heavy (non-hydrogen) atoms. The normalized spacial score (nSPS) is 14.3. The van der Waals surface area contributed by atoms with Gasteiger partial charge in [0.05, 0.1) is 0 Å². The summed E-state index contributed by atoms with van der Waals surface area (Å²) in [5, 5.41) is 1.32. The molecular weight excluding hydrogens is 435 g/mol. The Morgan fingerprint density at radius 3 is 1.41 bits per heavy atom. The van der Waals surface area contributed by atoms with Crippen molar-refractivity contribution in [2.24, 2.45) is 0 Å². The van der Waals surface area contributed by atoms with E-state index in [1.54, 1.807) is 0 Å². The molecule has 2 heteroatoms. The van der Waals surface area contributed by atoms with Crippen LogP contribution >= 0.6 is 20.8 Å². The van der Waals surface area contributed by atoms with Crippen LogP contribution in [0.25, 0.3) is 0 Å². The van der Waals surface area contributed by atoms with E-state index in [1.807, 2.05) is 0 Å². The molecular formula is C27H34BrP. The molecule has 0 saturated carbocycles. The van der Waals surface area contributed by atoms with Gasteiger partial charge in [0.1, 0.15) is 0 Å². The van der Waals surface area contributed by atoms with E-state index < -0.39 is 5.31 Å².